The molecule has 0 aliphatic carbocycles. The van der Waals surface area contributed by atoms with E-state index in [0.717, 1.165) is 26.3 Å². The average molecular weight is 159 g/mol. The van der Waals surface area contributed by atoms with Crippen LogP contribution < -0.4 is 5.32 Å². The summed E-state index contributed by atoms with van der Waals surface area (Å²) in [4.78, 5) is 0. The summed E-state index contributed by atoms with van der Waals surface area (Å²) in [6.07, 6.45) is 1.20. The molecule has 0 spiro atoms. The number of ether oxygens (including phenoxy) is 1. The van der Waals surface area contributed by atoms with Gasteiger partial charge in [-0.2, -0.15) is 0 Å². The van der Waals surface area contributed by atoms with Crippen LogP contribution in [0.1, 0.15) is 27.2 Å². The summed E-state index contributed by atoms with van der Waals surface area (Å²) in [7, 11) is 0. The first-order valence-corrected chi connectivity index (χ1v) is 4.55. The Bertz CT molecular complexity index is 74.0. The van der Waals surface area contributed by atoms with Crippen molar-refractivity contribution in [2.75, 3.05) is 26.3 Å². The van der Waals surface area contributed by atoms with Gasteiger partial charge in [0.05, 0.1) is 6.61 Å². The zero-order valence-corrected chi connectivity index (χ0v) is 8.02. The Morgan fingerprint density at radius 1 is 1.27 bits per heavy atom. The molecule has 0 unspecified atom stereocenters. The summed E-state index contributed by atoms with van der Waals surface area (Å²) in [5.74, 6) is 0.654. The normalized spacial score (nSPS) is 10.9. The quantitative estimate of drug-likeness (QED) is 0.570. The van der Waals surface area contributed by atoms with Gasteiger partial charge in [-0.3, -0.25) is 0 Å². The molecule has 0 saturated carbocycles. The van der Waals surface area contributed by atoms with Crippen molar-refractivity contribution in [3.05, 3.63) is 0 Å². The zero-order valence-electron chi connectivity index (χ0n) is 8.02. The van der Waals surface area contributed by atoms with Gasteiger partial charge in [-0.15, -0.1) is 0 Å². The molecule has 0 aromatic rings. The molecule has 0 aromatic carbocycles. The minimum Gasteiger partial charge on any atom is -0.380 e. The van der Waals surface area contributed by atoms with Crippen LogP contribution in [0.3, 0.4) is 0 Å². The van der Waals surface area contributed by atoms with Crippen LogP contribution in [-0.4, -0.2) is 26.3 Å². The van der Waals surface area contributed by atoms with Gasteiger partial charge >= 0.3 is 0 Å². The minimum atomic E-state index is 0.654. The van der Waals surface area contributed by atoms with Crippen molar-refractivity contribution in [2.24, 2.45) is 5.92 Å². The molecule has 0 atom stereocenters. The van der Waals surface area contributed by atoms with E-state index in [2.05, 4.69) is 26.1 Å². The molecule has 0 fully saturated rings. The van der Waals surface area contributed by atoms with Gasteiger partial charge in [0.2, 0.25) is 0 Å². The van der Waals surface area contributed by atoms with E-state index in [1.54, 1.807) is 0 Å². The summed E-state index contributed by atoms with van der Waals surface area (Å²) >= 11 is 0. The van der Waals surface area contributed by atoms with Crippen LogP contribution in [0.25, 0.3) is 0 Å². The van der Waals surface area contributed by atoms with E-state index in [0.29, 0.717) is 5.92 Å². The van der Waals surface area contributed by atoms with Crippen molar-refractivity contribution in [3.8, 4) is 0 Å². The first-order chi connectivity index (χ1) is 5.27. The number of hydrogen-bond acceptors (Lipinski definition) is 2. The van der Waals surface area contributed by atoms with Gasteiger partial charge in [0.15, 0.2) is 0 Å². The predicted molar refractivity (Wildman–Crippen MR) is 48.8 cm³/mol. The number of nitrogens with one attached hydrogen (secondary N) is 1. The Kier molecular flexibility index (Phi) is 7.96. The van der Waals surface area contributed by atoms with Crippen molar-refractivity contribution in [2.45, 2.75) is 27.2 Å². The second-order valence-electron chi connectivity index (χ2n) is 3.22. The Morgan fingerprint density at radius 3 is 2.55 bits per heavy atom. The van der Waals surface area contributed by atoms with E-state index in [-0.39, 0.29) is 0 Å². The van der Waals surface area contributed by atoms with Gasteiger partial charge in [0.25, 0.3) is 0 Å². The molecule has 2 heteroatoms. The van der Waals surface area contributed by atoms with Crippen molar-refractivity contribution in [1.82, 2.24) is 5.32 Å². The van der Waals surface area contributed by atoms with Crippen LogP contribution in [-0.2, 0) is 4.74 Å². The van der Waals surface area contributed by atoms with Crippen molar-refractivity contribution >= 4 is 0 Å². The Balaban J connectivity index is 2.80. The van der Waals surface area contributed by atoms with E-state index in [1.807, 2.05) is 0 Å². The maximum absolute atomic E-state index is 5.38. The van der Waals surface area contributed by atoms with Gasteiger partial charge in [-0.1, -0.05) is 20.8 Å². The molecule has 0 aliphatic heterocycles. The molecule has 0 aromatic heterocycles. The summed E-state index contributed by atoms with van der Waals surface area (Å²) in [6, 6.07) is 0. The van der Waals surface area contributed by atoms with E-state index >= 15 is 0 Å². The number of hydrogen-bond donors (Lipinski definition) is 1. The standard InChI is InChI=1S/C9H21NO/c1-4-5-10-6-7-11-8-9(2)3/h9-10H,4-8H2,1-3H3. The number of rotatable bonds is 7. The zero-order chi connectivity index (χ0) is 8.53. The first kappa shape index (κ1) is 10.9. The van der Waals surface area contributed by atoms with Crippen LogP contribution in [0.2, 0.25) is 0 Å². The molecule has 0 bridgehead atoms. The summed E-state index contributed by atoms with van der Waals surface area (Å²) in [5.41, 5.74) is 0. The highest BCUT2D eigenvalue weighted by Crippen LogP contribution is 1.90. The summed E-state index contributed by atoms with van der Waals surface area (Å²) in [5, 5.41) is 3.28. The fourth-order valence-corrected chi connectivity index (χ4v) is 0.765. The van der Waals surface area contributed by atoms with Crippen LogP contribution in [0.15, 0.2) is 0 Å². The maximum atomic E-state index is 5.38. The second-order valence-corrected chi connectivity index (χ2v) is 3.22. The van der Waals surface area contributed by atoms with E-state index in [1.165, 1.54) is 6.42 Å². The monoisotopic (exact) mass is 159 g/mol. The highest BCUT2D eigenvalue weighted by molar-refractivity contribution is 4.44. The lowest BCUT2D eigenvalue weighted by molar-refractivity contribution is 0.112. The van der Waals surface area contributed by atoms with Crippen molar-refractivity contribution < 1.29 is 4.74 Å². The molecular formula is C9H21NO. The topological polar surface area (TPSA) is 21.3 Å². The highest BCUT2D eigenvalue weighted by Gasteiger charge is 1.92. The van der Waals surface area contributed by atoms with Crippen LogP contribution in [0.5, 0.6) is 0 Å². The largest absolute Gasteiger partial charge is 0.380 e. The highest BCUT2D eigenvalue weighted by atomic mass is 16.5. The van der Waals surface area contributed by atoms with Crippen LogP contribution in [0, 0.1) is 5.92 Å². The molecule has 0 heterocycles. The molecule has 2 nitrogen and oxygen atoms in total. The van der Waals surface area contributed by atoms with Crippen molar-refractivity contribution in [3.63, 3.8) is 0 Å². The molecule has 0 saturated heterocycles. The lowest BCUT2D eigenvalue weighted by atomic mass is 10.2. The third kappa shape index (κ3) is 9.92. The molecule has 68 valence electrons. The molecule has 0 radical (unpaired) electrons. The fraction of sp³-hybridized carbons (Fsp3) is 1.00. The third-order valence-electron chi connectivity index (χ3n) is 1.30. The van der Waals surface area contributed by atoms with E-state index in [4.69, 9.17) is 4.74 Å². The van der Waals surface area contributed by atoms with Crippen LogP contribution in [0.4, 0.5) is 0 Å². The Labute approximate surface area is 70.3 Å². The minimum absolute atomic E-state index is 0.654. The van der Waals surface area contributed by atoms with Crippen molar-refractivity contribution in [1.29, 1.82) is 0 Å². The molecule has 1 N–H and O–H groups in total. The molecule has 11 heavy (non-hydrogen) atoms. The molecule has 0 aliphatic rings. The average Bonchev–Trinajstić information content (AvgIpc) is 1.96. The Hall–Kier alpha value is -0.0800. The van der Waals surface area contributed by atoms with Gasteiger partial charge in [0.1, 0.15) is 0 Å². The fourth-order valence-electron chi connectivity index (χ4n) is 0.765. The lowest BCUT2D eigenvalue weighted by Gasteiger charge is -2.06. The summed E-state index contributed by atoms with van der Waals surface area (Å²) < 4.78 is 5.38. The maximum Gasteiger partial charge on any atom is 0.0591 e. The SMILES string of the molecule is CCCNCCOCC(C)C. The second kappa shape index (κ2) is 8.02. The molecule has 0 rings (SSSR count). The van der Waals surface area contributed by atoms with E-state index < -0.39 is 0 Å². The van der Waals surface area contributed by atoms with E-state index in [9.17, 15) is 0 Å². The predicted octanol–water partition coefficient (Wildman–Crippen LogP) is 1.66. The molecule has 0 amide bonds. The van der Waals surface area contributed by atoms with Gasteiger partial charge < -0.3 is 10.1 Å². The first-order valence-electron chi connectivity index (χ1n) is 4.55. The third-order valence-corrected chi connectivity index (χ3v) is 1.30. The van der Waals surface area contributed by atoms with Crippen LogP contribution >= 0.6 is 0 Å². The van der Waals surface area contributed by atoms with Gasteiger partial charge in [-0.25, -0.2) is 0 Å². The Morgan fingerprint density at radius 2 is 2.00 bits per heavy atom. The van der Waals surface area contributed by atoms with Gasteiger partial charge in [-0.05, 0) is 18.9 Å². The smallest absolute Gasteiger partial charge is 0.0591 e. The molecular weight excluding hydrogens is 138 g/mol. The lowest BCUT2D eigenvalue weighted by Crippen LogP contribution is -2.21. The summed E-state index contributed by atoms with van der Waals surface area (Å²) in [6.45, 7) is 10.3. The van der Waals surface area contributed by atoms with Gasteiger partial charge in [0, 0.05) is 13.2 Å².